The van der Waals surface area contributed by atoms with Crippen molar-refractivity contribution in [2.24, 2.45) is 9.98 Å². The molecule has 158 valence electrons. The van der Waals surface area contributed by atoms with Crippen LogP contribution in [0.3, 0.4) is 0 Å². The number of halogens is 2. The fraction of sp³-hybridized carbons (Fsp3) is 0.0400. The van der Waals surface area contributed by atoms with Crippen molar-refractivity contribution in [3.05, 3.63) is 105 Å². The molecule has 5 rings (SSSR count). The fourth-order valence-corrected chi connectivity index (χ4v) is 3.82. The molecule has 2 heterocycles. The summed E-state index contributed by atoms with van der Waals surface area (Å²) >= 11 is 6.31. The molecule has 2 N–H and O–H groups in total. The van der Waals surface area contributed by atoms with E-state index in [0.29, 0.717) is 22.2 Å². The van der Waals surface area contributed by atoms with Gasteiger partial charge in [-0.15, -0.1) is 0 Å². The Morgan fingerprint density at radius 3 is 2.72 bits per heavy atom. The zero-order valence-corrected chi connectivity index (χ0v) is 17.8. The number of aliphatic imine (C=N–C) groups is 2. The minimum atomic E-state index is -0.348. The first-order valence-electron chi connectivity index (χ1n) is 9.92. The monoisotopic (exact) mass is 444 g/mol. The molecule has 0 atom stereocenters. The molecule has 3 aromatic carbocycles. The maximum Gasteiger partial charge on any atom is 0.205 e. The third-order valence-corrected chi connectivity index (χ3v) is 5.40. The Morgan fingerprint density at radius 2 is 1.88 bits per heavy atom. The summed E-state index contributed by atoms with van der Waals surface area (Å²) in [5.74, 6) is 0.931. The lowest BCUT2D eigenvalue weighted by atomic mass is 10.1. The summed E-state index contributed by atoms with van der Waals surface area (Å²) in [4.78, 5) is 9.09. The zero-order chi connectivity index (χ0) is 22.1. The second kappa shape index (κ2) is 8.32. The number of nitrogens with zero attached hydrogens (tertiary/aromatic N) is 2. The van der Waals surface area contributed by atoms with Crippen molar-refractivity contribution < 1.29 is 9.13 Å². The third kappa shape index (κ3) is 3.76. The average Bonchev–Trinajstić information content (AvgIpc) is 2.96. The van der Waals surface area contributed by atoms with Gasteiger partial charge in [0.25, 0.3) is 0 Å². The van der Waals surface area contributed by atoms with Crippen molar-refractivity contribution >= 4 is 40.9 Å². The van der Waals surface area contributed by atoms with Crippen molar-refractivity contribution in [3.8, 4) is 5.75 Å². The maximum atomic E-state index is 14.6. The Hall–Kier alpha value is -3.90. The van der Waals surface area contributed by atoms with Crippen molar-refractivity contribution in [1.82, 2.24) is 5.32 Å². The number of hydrogen-bond acceptors (Lipinski definition) is 5. The van der Waals surface area contributed by atoms with Gasteiger partial charge in [-0.25, -0.2) is 9.38 Å². The number of anilines is 1. The molecule has 3 aromatic rings. The molecule has 5 nitrogen and oxygen atoms in total. The lowest BCUT2D eigenvalue weighted by Gasteiger charge is -2.19. The molecule has 0 radical (unpaired) electrons. The first kappa shape index (κ1) is 20.0. The van der Waals surface area contributed by atoms with E-state index in [0.717, 1.165) is 33.1 Å². The van der Waals surface area contributed by atoms with Crippen LogP contribution < -0.4 is 25.8 Å². The van der Waals surface area contributed by atoms with Gasteiger partial charge in [0.2, 0.25) is 5.96 Å². The van der Waals surface area contributed by atoms with Crippen LogP contribution in [0.2, 0.25) is 5.02 Å². The van der Waals surface area contributed by atoms with E-state index >= 15 is 0 Å². The van der Waals surface area contributed by atoms with Crippen LogP contribution in [-0.2, 0) is 0 Å². The van der Waals surface area contributed by atoms with E-state index in [1.54, 1.807) is 49.9 Å². The van der Waals surface area contributed by atoms with Gasteiger partial charge in [-0.3, -0.25) is 4.99 Å². The quantitative estimate of drug-likeness (QED) is 0.646. The highest BCUT2D eigenvalue weighted by Crippen LogP contribution is 2.21. The summed E-state index contributed by atoms with van der Waals surface area (Å²) < 4.78 is 19.9. The van der Waals surface area contributed by atoms with Crippen molar-refractivity contribution in [1.29, 1.82) is 0 Å². The van der Waals surface area contributed by atoms with Crippen LogP contribution in [0, 0.1) is 5.82 Å². The van der Waals surface area contributed by atoms with Crippen molar-refractivity contribution in [2.45, 2.75) is 0 Å². The van der Waals surface area contributed by atoms with Crippen LogP contribution in [0.4, 0.5) is 10.1 Å². The van der Waals surface area contributed by atoms with Crippen LogP contribution in [-0.4, -0.2) is 19.3 Å². The molecule has 32 heavy (non-hydrogen) atoms. The van der Waals surface area contributed by atoms with Crippen LogP contribution in [0.5, 0.6) is 5.75 Å². The number of fused-ring (bicyclic) bond motifs is 2. The lowest BCUT2D eigenvalue weighted by molar-refractivity contribution is 0.415. The molecule has 0 saturated carbocycles. The molecule has 2 aliphatic rings. The molecule has 0 amide bonds. The van der Waals surface area contributed by atoms with Gasteiger partial charge in [0.05, 0.1) is 18.5 Å². The van der Waals surface area contributed by atoms with E-state index in [2.05, 4.69) is 20.6 Å². The predicted molar refractivity (Wildman–Crippen MR) is 127 cm³/mol. The van der Waals surface area contributed by atoms with Gasteiger partial charge < -0.3 is 15.4 Å². The van der Waals surface area contributed by atoms with E-state index in [4.69, 9.17) is 16.3 Å². The van der Waals surface area contributed by atoms with Gasteiger partial charge in [0.15, 0.2) is 0 Å². The SMILES string of the molecule is COc1cccc(NC2=NC=C3C=NC(c4ccccc4F)=c4cc(Cl)ccc4=C3N2)c1. The number of methoxy groups -OCH3 is 1. The zero-order valence-electron chi connectivity index (χ0n) is 17.1. The molecule has 0 aromatic heterocycles. The summed E-state index contributed by atoms with van der Waals surface area (Å²) in [5, 5.41) is 8.72. The smallest absolute Gasteiger partial charge is 0.205 e. The number of nitrogens with one attached hydrogen (secondary N) is 2. The number of hydrogen-bond donors (Lipinski definition) is 2. The second-order valence-electron chi connectivity index (χ2n) is 7.20. The van der Waals surface area contributed by atoms with Crippen LogP contribution in [0.1, 0.15) is 5.56 Å². The van der Waals surface area contributed by atoms with Crippen LogP contribution >= 0.6 is 11.6 Å². The topological polar surface area (TPSA) is 58.0 Å². The molecule has 0 bridgehead atoms. The first-order valence-corrected chi connectivity index (χ1v) is 10.3. The van der Waals surface area contributed by atoms with Crippen molar-refractivity contribution in [3.63, 3.8) is 0 Å². The van der Waals surface area contributed by atoms with Gasteiger partial charge >= 0.3 is 0 Å². The van der Waals surface area contributed by atoms with E-state index in [-0.39, 0.29) is 5.82 Å². The van der Waals surface area contributed by atoms with Gasteiger partial charge in [-0.1, -0.05) is 35.9 Å². The summed E-state index contributed by atoms with van der Waals surface area (Å²) in [5.41, 5.74) is 3.31. The minimum Gasteiger partial charge on any atom is -0.497 e. The Bertz CT molecular complexity index is 1440. The average molecular weight is 445 g/mol. The number of guanidine groups is 1. The maximum absolute atomic E-state index is 14.6. The Kier molecular flexibility index (Phi) is 5.21. The number of ether oxygens (including phenoxy) is 1. The highest BCUT2D eigenvalue weighted by Gasteiger charge is 2.18. The molecule has 0 saturated heterocycles. The van der Waals surface area contributed by atoms with Crippen molar-refractivity contribution in [2.75, 3.05) is 12.4 Å². The molecule has 0 fully saturated rings. The first-order chi connectivity index (χ1) is 15.6. The Balaban J connectivity index is 1.65. The standard InChI is InChI=1S/C25H18ClFN4O/c1-32-18-6-4-5-17(12-18)30-25-29-14-15-13-28-24(20-7-2-3-8-22(20)27)21-11-16(26)9-10-19(21)23(15)31-25/h2-14H,1H3,(H2,29,30,31). The fourth-order valence-electron chi connectivity index (χ4n) is 3.65. The highest BCUT2D eigenvalue weighted by atomic mass is 35.5. The summed E-state index contributed by atoms with van der Waals surface area (Å²) in [6, 6.07) is 19.6. The highest BCUT2D eigenvalue weighted by molar-refractivity contribution is 6.30. The molecule has 0 spiro atoms. The molecular weight excluding hydrogens is 427 g/mol. The molecular formula is C25H18ClFN4O. The molecule has 2 aliphatic heterocycles. The van der Waals surface area contributed by atoms with E-state index < -0.39 is 0 Å². The molecule has 7 heteroatoms. The van der Waals surface area contributed by atoms with Crippen LogP contribution in [0.15, 0.2) is 88.5 Å². The predicted octanol–water partition coefficient (Wildman–Crippen LogP) is 3.79. The van der Waals surface area contributed by atoms with Gasteiger partial charge in [0, 0.05) is 50.8 Å². The third-order valence-electron chi connectivity index (χ3n) is 5.17. The summed E-state index contributed by atoms with van der Waals surface area (Å²) in [6.45, 7) is 0. The molecule has 0 unspecified atom stereocenters. The number of benzene rings is 3. The Labute approximate surface area is 188 Å². The van der Waals surface area contributed by atoms with Gasteiger partial charge in [0.1, 0.15) is 11.6 Å². The summed E-state index contributed by atoms with van der Waals surface area (Å²) in [6.07, 6.45) is 3.41. The normalized spacial score (nSPS) is 14.5. The van der Waals surface area contributed by atoms with E-state index in [1.165, 1.54) is 6.07 Å². The minimum absolute atomic E-state index is 0.348. The van der Waals surface area contributed by atoms with Crippen LogP contribution in [0.25, 0.3) is 11.4 Å². The van der Waals surface area contributed by atoms with Gasteiger partial charge in [-0.05, 0) is 36.4 Å². The lowest BCUT2D eigenvalue weighted by Crippen LogP contribution is -2.39. The second-order valence-corrected chi connectivity index (χ2v) is 7.63. The number of rotatable bonds is 3. The van der Waals surface area contributed by atoms with Gasteiger partial charge in [-0.2, -0.15) is 0 Å². The summed E-state index contributed by atoms with van der Waals surface area (Å²) in [7, 11) is 1.62. The van der Waals surface area contributed by atoms with E-state index in [9.17, 15) is 4.39 Å². The van der Waals surface area contributed by atoms with E-state index in [1.807, 2.05) is 30.3 Å². The Morgan fingerprint density at radius 1 is 1.00 bits per heavy atom. The molecule has 0 aliphatic carbocycles. The largest absolute Gasteiger partial charge is 0.497 e.